The number of phosphoric ester groups is 2. The largest absolute Gasteiger partial charge is 0.472 e. The van der Waals surface area contributed by atoms with Crippen LogP contribution in [0.1, 0.15) is 389 Å². The maximum atomic E-state index is 13.1. The highest BCUT2D eigenvalue weighted by atomic mass is 31.2. The predicted octanol–water partition coefficient (Wildman–Crippen LogP) is 22.4. The van der Waals surface area contributed by atoms with E-state index in [0.717, 1.165) is 114 Å². The second-order valence-corrected chi connectivity index (χ2v) is 32.1. The second kappa shape index (κ2) is 66.3. The van der Waals surface area contributed by atoms with Crippen molar-refractivity contribution in [2.45, 2.75) is 408 Å². The fraction of sp³-hybridized carbons (Fsp3) is 0.948. The van der Waals surface area contributed by atoms with Gasteiger partial charge in [0.15, 0.2) is 12.2 Å². The van der Waals surface area contributed by atoms with Crippen molar-refractivity contribution in [3.63, 3.8) is 0 Å². The van der Waals surface area contributed by atoms with Gasteiger partial charge in [-0.05, 0) is 49.4 Å². The van der Waals surface area contributed by atoms with Crippen LogP contribution in [-0.2, 0) is 65.4 Å². The van der Waals surface area contributed by atoms with E-state index in [1.807, 2.05) is 0 Å². The van der Waals surface area contributed by atoms with E-state index >= 15 is 0 Å². The first kappa shape index (κ1) is 94.1. The van der Waals surface area contributed by atoms with Crippen molar-refractivity contribution in [3.05, 3.63) is 0 Å². The molecule has 0 fully saturated rings. The number of unbranched alkanes of at least 4 members (excludes halogenated alkanes) is 38. The number of aliphatic hydroxyl groups is 1. The molecule has 0 spiro atoms. The Morgan fingerprint density at radius 1 is 0.292 bits per heavy atom. The molecule has 7 atom stereocenters. The Bertz CT molecular complexity index is 1890. The molecule has 17 nitrogen and oxygen atoms in total. The van der Waals surface area contributed by atoms with Gasteiger partial charge in [0.25, 0.3) is 0 Å². The summed E-state index contributed by atoms with van der Waals surface area (Å²) in [7, 11) is -9.92. The number of carbonyl (C=O) groups is 4. The molecule has 0 aliphatic heterocycles. The summed E-state index contributed by atoms with van der Waals surface area (Å²) in [6, 6.07) is 0. The van der Waals surface area contributed by atoms with Crippen LogP contribution in [0.3, 0.4) is 0 Å². The van der Waals surface area contributed by atoms with Crippen LogP contribution in [0, 0.1) is 23.7 Å². The van der Waals surface area contributed by atoms with Gasteiger partial charge < -0.3 is 33.8 Å². The lowest BCUT2D eigenvalue weighted by Crippen LogP contribution is -2.30. The highest BCUT2D eigenvalue weighted by Crippen LogP contribution is 2.45. The van der Waals surface area contributed by atoms with Crippen molar-refractivity contribution in [3.8, 4) is 0 Å². The first-order valence-corrected chi connectivity index (χ1v) is 42.8. The first-order valence-electron chi connectivity index (χ1n) is 39.8. The zero-order valence-electron chi connectivity index (χ0n) is 63.0. The smallest absolute Gasteiger partial charge is 0.462 e. The van der Waals surface area contributed by atoms with E-state index in [-0.39, 0.29) is 25.7 Å². The molecular formula is C77H150O17P2. The van der Waals surface area contributed by atoms with E-state index in [9.17, 15) is 43.2 Å². The Morgan fingerprint density at radius 3 is 0.740 bits per heavy atom. The van der Waals surface area contributed by atoms with Crippen LogP contribution >= 0.6 is 15.6 Å². The summed E-state index contributed by atoms with van der Waals surface area (Å²) in [5.74, 6) is 1.01. The zero-order valence-corrected chi connectivity index (χ0v) is 64.8. The number of rotatable bonds is 74. The Labute approximate surface area is 588 Å². The molecule has 4 unspecified atom stereocenters. The second-order valence-electron chi connectivity index (χ2n) is 29.2. The van der Waals surface area contributed by atoms with Crippen molar-refractivity contribution in [1.82, 2.24) is 0 Å². The van der Waals surface area contributed by atoms with Crippen LogP contribution < -0.4 is 0 Å². The molecule has 570 valence electrons. The van der Waals surface area contributed by atoms with Crippen LogP contribution in [0.2, 0.25) is 0 Å². The van der Waals surface area contributed by atoms with Gasteiger partial charge in [-0.2, -0.15) is 0 Å². The lowest BCUT2D eigenvalue weighted by molar-refractivity contribution is -0.161. The van der Waals surface area contributed by atoms with Gasteiger partial charge in [0, 0.05) is 25.7 Å². The molecule has 19 heteroatoms. The Hall–Kier alpha value is -1.94. The minimum absolute atomic E-state index is 0.104. The SMILES string of the molecule is CCC(C)CCCCCCCCCCCCC(=O)OC[C@H](COP(=O)(O)OC[C@@H](O)COP(=O)(O)OC[C@@H](COC(=O)CCCCCCCCCCC(C)CC)OC(=O)CCCCCCCCCCCC(C)C)OC(=O)CCCCCCCCCCCCCCCCCC(C)C. The number of aliphatic hydroxyl groups excluding tert-OH is 1. The summed E-state index contributed by atoms with van der Waals surface area (Å²) >= 11 is 0. The third-order valence-corrected chi connectivity index (χ3v) is 20.4. The van der Waals surface area contributed by atoms with Gasteiger partial charge in [-0.15, -0.1) is 0 Å². The molecule has 0 aromatic rings. The topological polar surface area (TPSA) is 237 Å². The molecule has 0 aliphatic carbocycles. The molecule has 0 saturated carbocycles. The van der Waals surface area contributed by atoms with Crippen molar-refractivity contribution in [2.24, 2.45) is 23.7 Å². The molecular weight excluding hydrogens is 1260 g/mol. The van der Waals surface area contributed by atoms with E-state index < -0.39 is 97.5 Å². The van der Waals surface area contributed by atoms with Crippen molar-refractivity contribution in [2.75, 3.05) is 39.6 Å². The van der Waals surface area contributed by atoms with E-state index in [1.165, 1.54) is 193 Å². The monoisotopic (exact) mass is 1410 g/mol. The zero-order chi connectivity index (χ0) is 71.0. The van der Waals surface area contributed by atoms with Gasteiger partial charge >= 0.3 is 39.5 Å². The summed E-state index contributed by atoms with van der Waals surface area (Å²) in [6.45, 7) is 14.2. The summed E-state index contributed by atoms with van der Waals surface area (Å²) in [5.41, 5.74) is 0. The van der Waals surface area contributed by atoms with E-state index in [1.54, 1.807) is 0 Å². The minimum Gasteiger partial charge on any atom is -0.462 e. The maximum Gasteiger partial charge on any atom is 0.472 e. The average molecular weight is 1410 g/mol. The van der Waals surface area contributed by atoms with E-state index in [0.29, 0.717) is 25.7 Å². The fourth-order valence-electron chi connectivity index (χ4n) is 11.7. The average Bonchev–Trinajstić information content (AvgIpc) is 1.37. The summed E-state index contributed by atoms with van der Waals surface area (Å²) in [5, 5.41) is 10.6. The van der Waals surface area contributed by atoms with E-state index in [4.69, 9.17) is 37.0 Å². The Kier molecular flexibility index (Phi) is 65.0. The quantitative estimate of drug-likeness (QED) is 0.0222. The molecule has 0 aliphatic rings. The van der Waals surface area contributed by atoms with Gasteiger partial charge in [-0.25, -0.2) is 9.13 Å². The number of phosphoric acid groups is 2. The molecule has 0 saturated heterocycles. The molecule has 96 heavy (non-hydrogen) atoms. The first-order chi connectivity index (χ1) is 46.2. The van der Waals surface area contributed by atoms with Crippen LogP contribution in [0.5, 0.6) is 0 Å². The van der Waals surface area contributed by atoms with Crippen LogP contribution in [0.25, 0.3) is 0 Å². The van der Waals surface area contributed by atoms with Crippen molar-refractivity contribution >= 4 is 39.5 Å². The van der Waals surface area contributed by atoms with Gasteiger partial charge in [-0.1, -0.05) is 338 Å². The van der Waals surface area contributed by atoms with Crippen LogP contribution in [-0.4, -0.2) is 96.7 Å². The molecule has 3 N–H and O–H groups in total. The fourth-order valence-corrected chi connectivity index (χ4v) is 13.2. The summed E-state index contributed by atoms with van der Waals surface area (Å²) < 4.78 is 68.6. The third-order valence-electron chi connectivity index (χ3n) is 18.5. The molecule has 0 heterocycles. The number of hydrogen-bond donors (Lipinski definition) is 3. The Morgan fingerprint density at radius 2 is 0.500 bits per heavy atom. The van der Waals surface area contributed by atoms with Crippen LogP contribution in [0.15, 0.2) is 0 Å². The summed E-state index contributed by atoms with van der Waals surface area (Å²) in [4.78, 5) is 72.9. The lowest BCUT2D eigenvalue weighted by atomic mass is 9.99. The molecule has 0 rings (SSSR count). The standard InChI is InChI=1S/C77H150O17P2/c1-9-69(7)55-47-39-31-23-18-19-24-33-41-49-57-74(79)87-63-72(93-76(81)59-51-43-35-25-17-15-13-11-12-14-16-21-29-37-45-53-67(3)4)65-91-95(83,84)89-61-71(78)62-90-96(85,86)92-66-73(94-77(82)60-52-44-36-26-20-22-30-38-46-54-68(5)6)64-88-75(80)58-50-42-34-28-27-32-40-48-56-70(8)10-2/h67-73,78H,9-66H2,1-8H3,(H,83,84)(H,85,86)/t69?,70?,71-,72-,73-/m1/s1. The molecule has 0 aromatic heterocycles. The number of hydrogen-bond acceptors (Lipinski definition) is 15. The van der Waals surface area contributed by atoms with Crippen LogP contribution in [0.4, 0.5) is 0 Å². The van der Waals surface area contributed by atoms with Gasteiger partial charge in [0.2, 0.25) is 0 Å². The van der Waals surface area contributed by atoms with Crippen molar-refractivity contribution < 1.29 is 80.2 Å². The van der Waals surface area contributed by atoms with Gasteiger partial charge in [0.1, 0.15) is 19.3 Å². The van der Waals surface area contributed by atoms with Gasteiger partial charge in [-0.3, -0.25) is 37.3 Å². The molecule has 0 bridgehead atoms. The molecule has 0 radical (unpaired) electrons. The lowest BCUT2D eigenvalue weighted by Gasteiger charge is -2.21. The molecule has 0 amide bonds. The minimum atomic E-state index is -4.96. The summed E-state index contributed by atoms with van der Waals surface area (Å²) in [6.07, 6.45) is 51.2. The van der Waals surface area contributed by atoms with Gasteiger partial charge in [0.05, 0.1) is 26.4 Å². The van der Waals surface area contributed by atoms with E-state index in [2.05, 4.69) is 55.4 Å². The maximum absolute atomic E-state index is 13.1. The predicted molar refractivity (Wildman–Crippen MR) is 391 cm³/mol. The highest BCUT2D eigenvalue weighted by Gasteiger charge is 2.30. The highest BCUT2D eigenvalue weighted by molar-refractivity contribution is 7.47. The number of carbonyl (C=O) groups excluding carboxylic acids is 4. The molecule has 0 aromatic carbocycles. The van der Waals surface area contributed by atoms with Crippen molar-refractivity contribution in [1.29, 1.82) is 0 Å². The Balaban J connectivity index is 5.27. The normalized spacial score (nSPS) is 14.7. The third kappa shape index (κ3) is 67.9. The number of esters is 4. The number of ether oxygens (including phenoxy) is 4.